The van der Waals surface area contributed by atoms with Crippen molar-refractivity contribution >= 4 is 11.0 Å². The van der Waals surface area contributed by atoms with Crippen LogP contribution in [0.2, 0.25) is 0 Å². The van der Waals surface area contributed by atoms with Crippen LogP contribution in [0.1, 0.15) is 5.56 Å². The zero-order valence-corrected chi connectivity index (χ0v) is 11.3. The van der Waals surface area contributed by atoms with Crippen LogP contribution in [0.5, 0.6) is 0 Å². The van der Waals surface area contributed by atoms with E-state index < -0.39 is 0 Å². The number of nitrogens with two attached hydrogens (primary N) is 1. The third-order valence-electron chi connectivity index (χ3n) is 3.41. The summed E-state index contributed by atoms with van der Waals surface area (Å²) in [5.74, 6) is 0.967. The molecular weight excluding hydrogens is 246 g/mol. The molecule has 0 bridgehead atoms. The highest BCUT2D eigenvalue weighted by molar-refractivity contribution is 5.80. The first-order valence-electron chi connectivity index (χ1n) is 6.69. The lowest BCUT2D eigenvalue weighted by Gasteiger charge is -2.07. The molecule has 20 heavy (non-hydrogen) atoms. The smallest absolute Gasteiger partial charge is 0.141 e. The summed E-state index contributed by atoms with van der Waals surface area (Å²) in [5.41, 5.74) is 10.0. The van der Waals surface area contributed by atoms with Gasteiger partial charge in [-0.3, -0.25) is 0 Å². The van der Waals surface area contributed by atoms with Crippen LogP contribution in [0.4, 0.5) is 0 Å². The monoisotopic (exact) mass is 263 g/mol. The molecule has 2 aromatic carbocycles. The first kappa shape index (κ1) is 12.6. The second-order valence-electron chi connectivity index (χ2n) is 4.72. The fraction of sp³-hybridized carbons (Fsp3) is 0.118. The van der Waals surface area contributed by atoms with Crippen molar-refractivity contribution in [1.29, 1.82) is 0 Å². The number of fused-ring (bicyclic) bond motifs is 1. The quantitative estimate of drug-likeness (QED) is 0.734. The predicted octanol–water partition coefficient (Wildman–Crippen LogP) is 3.35. The summed E-state index contributed by atoms with van der Waals surface area (Å²) in [7, 11) is 0. The van der Waals surface area contributed by atoms with Crippen molar-refractivity contribution in [3.05, 3.63) is 66.7 Å². The third kappa shape index (κ3) is 2.12. The number of rotatable bonds is 4. The zero-order chi connectivity index (χ0) is 13.9. The molecule has 3 heteroatoms. The highest BCUT2D eigenvalue weighted by atomic mass is 15.1. The van der Waals surface area contributed by atoms with E-state index in [4.69, 9.17) is 10.7 Å². The summed E-state index contributed by atoms with van der Waals surface area (Å²) >= 11 is 0. The maximum atomic E-state index is 5.64. The molecule has 3 aromatic rings. The van der Waals surface area contributed by atoms with Gasteiger partial charge in [0.1, 0.15) is 5.82 Å². The van der Waals surface area contributed by atoms with Gasteiger partial charge < -0.3 is 10.3 Å². The second kappa shape index (κ2) is 5.31. The SMILES string of the molecule is C=CCn1c(-c2ccc(CN)cc2)nc2ccccc21. The zero-order valence-electron chi connectivity index (χ0n) is 11.3. The van der Waals surface area contributed by atoms with Gasteiger partial charge in [-0.05, 0) is 17.7 Å². The van der Waals surface area contributed by atoms with Crippen molar-refractivity contribution in [3.8, 4) is 11.4 Å². The van der Waals surface area contributed by atoms with E-state index in [0.717, 1.165) is 34.5 Å². The van der Waals surface area contributed by atoms with Gasteiger partial charge in [0.05, 0.1) is 11.0 Å². The molecule has 0 saturated carbocycles. The molecule has 0 aliphatic rings. The Labute approximate surface area is 118 Å². The van der Waals surface area contributed by atoms with E-state index in [1.54, 1.807) is 0 Å². The molecule has 2 N–H and O–H groups in total. The first-order chi connectivity index (χ1) is 9.83. The minimum atomic E-state index is 0.559. The topological polar surface area (TPSA) is 43.8 Å². The molecule has 0 radical (unpaired) electrons. The summed E-state index contributed by atoms with van der Waals surface area (Å²) in [6.45, 7) is 5.14. The first-order valence-corrected chi connectivity index (χ1v) is 6.69. The summed E-state index contributed by atoms with van der Waals surface area (Å²) < 4.78 is 2.18. The van der Waals surface area contributed by atoms with E-state index in [0.29, 0.717) is 6.54 Å². The summed E-state index contributed by atoms with van der Waals surface area (Å²) in [4.78, 5) is 4.74. The molecule has 3 rings (SSSR count). The van der Waals surface area contributed by atoms with Crippen LogP contribution in [-0.4, -0.2) is 9.55 Å². The number of aromatic nitrogens is 2. The molecule has 0 atom stereocenters. The van der Waals surface area contributed by atoms with Gasteiger partial charge in [0.25, 0.3) is 0 Å². The Morgan fingerprint density at radius 1 is 1.10 bits per heavy atom. The largest absolute Gasteiger partial charge is 0.326 e. The highest BCUT2D eigenvalue weighted by Crippen LogP contribution is 2.25. The van der Waals surface area contributed by atoms with E-state index in [1.807, 2.05) is 36.4 Å². The molecule has 0 aliphatic heterocycles. The Hall–Kier alpha value is -2.39. The molecule has 3 nitrogen and oxygen atoms in total. The van der Waals surface area contributed by atoms with Crippen molar-refractivity contribution in [3.63, 3.8) is 0 Å². The molecule has 0 aliphatic carbocycles. The van der Waals surface area contributed by atoms with Crippen LogP contribution in [0.25, 0.3) is 22.4 Å². The van der Waals surface area contributed by atoms with E-state index >= 15 is 0 Å². The number of imidazole rings is 1. The average molecular weight is 263 g/mol. The summed E-state index contributed by atoms with van der Waals surface area (Å²) in [6.07, 6.45) is 1.89. The van der Waals surface area contributed by atoms with Crippen molar-refractivity contribution in [2.24, 2.45) is 5.73 Å². The molecule has 0 spiro atoms. The second-order valence-corrected chi connectivity index (χ2v) is 4.72. The summed E-state index contributed by atoms with van der Waals surface area (Å²) in [5, 5.41) is 0. The van der Waals surface area contributed by atoms with Crippen LogP contribution < -0.4 is 5.73 Å². The lowest BCUT2D eigenvalue weighted by molar-refractivity contribution is 0.861. The minimum Gasteiger partial charge on any atom is -0.326 e. The summed E-state index contributed by atoms with van der Waals surface area (Å²) in [6, 6.07) is 16.4. The molecular formula is C17H17N3. The van der Waals surface area contributed by atoms with Crippen molar-refractivity contribution in [1.82, 2.24) is 9.55 Å². The Kier molecular flexibility index (Phi) is 3.35. The molecule has 0 fully saturated rings. The fourth-order valence-corrected chi connectivity index (χ4v) is 2.40. The van der Waals surface area contributed by atoms with Crippen LogP contribution >= 0.6 is 0 Å². The Morgan fingerprint density at radius 3 is 2.55 bits per heavy atom. The van der Waals surface area contributed by atoms with Gasteiger partial charge in [-0.1, -0.05) is 42.5 Å². The van der Waals surface area contributed by atoms with Gasteiger partial charge in [0.15, 0.2) is 0 Å². The average Bonchev–Trinajstić information content (AvgIpc) is 2.87. The fourth-order valence-electron chi connectivity index (χ4n) is 2.40. The number of para-hydroxylation sites is 2. The lowest BCUT2D eigenvalue weighted by Crippen LogP contribution is -1.99. The van der Waals surface area contributed by atoms with E-state index in [2.05, 4.69) is 29.3 Å². The van der Waals surface area contributed by atoms with Gasteiger partial charge in [-0.25, -0.2) is 4.98 Å². The van der Waals surface area contributed by atoms with Gasteiger partial charge in [-0.2, -0.15) is 0 Å². The molecule has 1 aromatic heterocycles. The normalized spacial score (nSPS) is 10.8. The molecule has 0 amide bonds. The number of hydrogen-bond donors (Lipinski definition) is 1. The lowest BCUT2D eigenvalue weighted by atomic mass is 10.1. The molecule has 0 unspecified atom stereocenters. The van der Waals surface area contributed by atoms with Crippen LogP contribution in [-0.2, 0) is 13.1 Å². The maximum Gasteiger partial charge on any atom is 0.141 e. The van der Waals surface area contributed by atoms with Crippen LogP contribution in [0.3, 0.4) is 0 Å². The minimum absolute atomic E-state index is 0.559. The van der Waals surface area contributed by atoms with E-state index in [-0.39, 0.29) is 0 Å². The van der Waals surface area contributed by atoms with Crippen molar-refractivity contribution in [2.75, 3.05) is 0 Å². The number of allylic oxidation sites excluding steroid dienone is 1. The van der Waals surface area contributed by atoms with Crippen LogP contribution in [0, 0.1) is 0 Å². The van der Waals surface area contributed by atoms with Crippen LogP contribution in [0.15, 0.2) is 61.2 Å². The Morgan fingerprint density at radius 2 is 1.85 bits per heavy atom. The Bertz CT molecular complexity index is 739. The van der Waals surface area contributed by atoms with Gasteiger partial charge in [0.2, 0.25) is 0 Å². The van der Waals surface area contributed by atoms with Crippen molar-refractivity contribution in [2.45, 2.75) is 13.1 Å². The highest BCUT2D eigenvalue weighted by Gasteiger charge is 2.10. The number of benzene rings is 2. The number of nitrogens with zero attached hydrogens (tertiary/aromatic N) is 2. The van der Waals surface area contributed by atoms with E-state index in [9.17, 15) is 0 Å². The van der Waals surface area contributed by atoms with Crippen molar-refractivity contribution < 1.29 is 0 Å². The van der Waals surface area contributed by atoms with Gasteiger partial charge in [-0.15, -0.1) is 6.58 Å². The van der Waals surface area contributed by atoms with E-state index in [1.165, 1.54) is 0 Å². The number of hydrogen-bond acceptors (Lipinski definition) is 2. The molecule has 1 heterocycles. The molecule has 0 saturated heterocycles. The third-order valence-corrected chi connectivity index (χ3v) is 3.41. The Balaban J connectivity index is 2.18. The standard InChI is InChI=1S/C17H17N3/c1-2-11-20-16-6-4-3-5-15(16)19-17(20)14-9-7-13(12-18)8-10-14/h2-10H,1,11-12,18H2. The van der Waals surface area contributed by atoms with Gasteiger partial charge in [0, 0.05) is 18.7 Å². The predicted molar refractivity (Wildman–Crippen MR) is 83.3 cm³/mol. The maximum absolute atomic E-state index is 5.64. The molecule has 100 valence electrons. The van der Waals surface area contributed by atoms with Gasteiger partial charge >= 0.3 is 0 Å².